The van der Waals surface area contributed by atoms with Crippen LogP contribution in [-0.2, 0) is 10.2 Å². The maximum absolute atomic E-state index is 11.0. The average molecular weight is 248 g/mol. The minimum absolute atomic E-state index is 0.0679. The van der Waals surface area contributed by atoms with Gasteiger partial charge in [-0.25, -0.2) is 0 Å². The molecule has 2 heteroatoms. The van der Waals surface area contributed by atoms with Crippen molar-refractivity contribution >= 4 is 5.78 Å². The Hall–Kier alpha value is -1.31. The number of carbonyl (C=O) groups excluding carboxylic acids is 1. The Bertz CT molecular complexity index is 427. The lowest BCUT2D eigenvalue weighted by molar-refractivity contribution is -0.118. The summed E-state index contributed by atoms with van der Waals surface area (Å²) in [7, 11) is 0. The van der Waals surface area contributed by atoms with E-state index in [-0.39, 0.29) is 17.3 Å². The first-order valence-electron chi connectivity index (χ1n) is 6.47. The third kappa shape index (κ3) is 4.17. The van der Waals surface area contributed by atoms with Crippen LogP contribution < -0.4 is 4.74 Å². The Labute approximate surface area is 110 Å². The normalized spacial score (nSPS) is 13.2. The number of ketones is 1. The third-order valence-electron chi connectivity index (χ3n) is 2.94. The Balaban J connectivity index is 2.83. The molecule has 0 aliphatic heterocycles. The van der Waals surface area contributed by atoms with Crippen LogP contribution in [0.25, 0.3) is 0 Å². The molecule has 0 bridgehead atoms. The van der Waals surface area contributed by atoms with Crippen molar-refractivity contribution in [2.75, 3.05) is 0 Å². The summed E-state index contributed by atoms with van der Waals surface area (Å²) in [6.07, 6.45) is 0.391. The zero-order chi connectivity index (χ0) is 13.9. The predicted octanol–water partition coefficient (Wildman–Crippen LogP) is 4.04. The maximum Gasteiger partial charge on any atom is 0.133 e. The number of ether oxygens (including phenoxy) is 1. The van der Waals surface area contributed by atoms with Gasteiger partial charge in [0.2, 0.25) is 0 Å². The largest absolute Gasteiger partial charge is 0.490 e. The Kier molecular flexibility index (Phi) is 4.55. The highest BCUT2D eigenvalue weighted by atomic mass is 16.5. The van der Waals surface area contributed by atoms with Crippen molar-refractivity contribution in [2.45, 2.75) is 59.5 Å². The molecule has 0 heterocycles. The highest BCUT2D eigenvalue weighted by Gasteiger charge is 2.15. The van der Waals surface area contributed by atoms with E-state index in [1.165, 1.54) is 5.56 Å². The second kappa shape index (κ2) is 5.55. The van der Waals surface area contributed by atoms with E-state index in [1.807, 2.05) is 19.9 Å². The van der Waals surface area contributed by atoms with Crippen LogP contribution in [-0.4, -0.2) is 11.9 Å². The van der Waals surface area contributed by atoms with E-state index in [0.717, 1.165) is 11.3 Å². The standard InChI is InChI=1S/C16H24O2/c1-11-9-14(16(4,5)6)7-8-15(11)18-13(3)10-12(2)17/h7-9,13H,10H2,1-6H3. The Morgan fingerprint density at radius 2 is 1.94 bits per heavy atom. The second-order valence-corrected chi connectivity index (χ2v) is 6.06. The molecule has 0 N–H and O–H groups in total. The molecule has 0 aliphatic rings. The number of hydrogen-bond acceptors (Lipinski definition) is 2. The molecule has 0 fully saturated rings. The highest BCUT2D eigenvalue weighted by Crippen LogP contribution is 2.28. The van der Waals surface area contributed by atoms with Crippen molar-refractivity contribution in [3.63, 3.8) is 0 Å². The van der Waals surface area contributed by atoms with Crippen LogP contribution in [0.15, 0.2) is 18.2 Å². The summed E-state index contributed by atoms with van der Waals surface area (Å²) in [5.41, 5.74) is 2.57. The fourth-order valence-electron chi connectivity index (χ4n) is 1.91. The first-order valence-corrected chi connectivity index (χ1v) is 6.47. The summed E-state index contributed by atoms with van der Waals surface area (Å²) in [6, 6.07) is 6.27. The molecule has 1 atom stereocenters. The van der Waals surface area contributed by atoms with Gasteiger partial charge in [0.25, 0.3) is 0 Å². The Morgan fingerprint density at radius 1 is 1.33 bits per heavy atom. The number of rotatable bonds is 4. The minimum atomic E-state index is -0.0679. The number of hydrogen-bond donors (Lipinski definition) is 0. The first-order chi connectivity index (χ1) is 8.20. The fourth-order valence-corrected chi connectivity index (χ4v) is 1.91. The van der Waals surface area contributed by atoms with Crippen LogP contribution in [0, 0.1) is 6.92 Å². The van der Waals surface area contributed by atoms with Gasteiger partial charge < -0.3 is 4.74 Å². The van der Waals surface area contributed by atoms with E-state index >= 15 is 0 Å². The zero-order valence-corrected chi connectivity index (χ0v) is 12.3. The van der Waals surface area contributed by atoms with Crippen LogP contribution in [0.3, 0.4) is 0 Å². The fraction of sp³-hybridized carbons (Fsp3) is 0.562. The molecule has 100 valence electrons. The van der Waals surface area contributed by atoms with Gasteiger partial charge in [-0.1, -0.05) is 32.9 Å². The van der Waals surface area contributed by atoms with Gasteiger partial charge in [-0.2, -0.15) is 0 Å². The summed E-state index contributed by atoms with van der Waals surface area (Å²) < 4.78 is 5.80. The van der Waals surface area contributed by atoms with Gasteiger partial charge in [0.05, 0.1) is 0 Å². The molecule has 0 aromatic heterocycles. The molecule has 1 rings (SSSR count). The van der Waals surface area contributed by atoms with Gasteiger partial charge in [-0.3, -0.25) is 4.79 Å². The smallest absolute Gasteiger partial charge is 0.133 e. The summed E-state index contributed by atoms with van der Waals surface area (Å²) in [5.74, 6) is 1.03. The second-order valence-electron chi connectivity index (χ2n) is 6.06. The van der Waals surface area contributed by atoms with Crippen molar-refractivity contribution in [1.82, 2.24) is 0 Å². The van der Waals surface area contributed by atoms with Crippen molar-refractivity contribution < 1.29 is 9.53 Å². The quantitative estimate of drug-likeness (QED) is 0.804. The first kappa shape index (κ1) is 14.7. The molecule has 0 amide bonds. The minimum Gasteiger partial charge on any atom is -0.490 e. The van der Waals surface area contributed by atoms with Gasteiger partial charge in [0.1, 0.15) is 17.6 Å². The number of aryl methyl sites for hydroxylation is 1. The topological polar surface area (TPSA) is 26.3 Å². The van der Waals surface area contributed by atoms with Gasteiger partial charge in [0.15, 0.2) is 0 Å². The third-order valence-corrected chi connectivity index (χ3v) is 2.94. The summed E-state index contributed by atoms with van der Waals surface area (Å²) in [5, 5.41) is 0. The maximum atomic E-state index is 11.0. The van der Waals surface area contributed by atoms with E-state index in [0.29, 0.717) is 6.42 Å². The molecule has 1 unspecified atom stereocenters. The number of Topliss-reactive ketones (excluding diaryl/α,β-unsaturated/α-hetero) is 1. The van der Waals surface area contributed by atoms with Gasteiger partial charge in [-0.15, -0.1) is 0 Å². The molecule has 1 aromatic rings. The summed E-state index contributed by atoms with van der Waals surface area (Å²) in [4.78, 5) is 11.0. The molecule has 0 aliphatic carbocycles. The van der Waals surface area contributed by atoms with Crippen LogP contribution in [0.4, 0.5) is 0 Å². The monoisotopic (exact) mass is 248 g/mol. The summed E-state index contributed by atoms with van der Waals surface area (Å²) >= 11 is 0. The number of benzene rings is 1. The number of carbonyl (C=O) groups is 1. The van der Waals surface area contributed by atoms with E-state index in [1.54, 1.807) is 6.92 Å². The molecule has 0 saturated carbocycles. The molecular formula is C16H24O2. The SMILES string of the molecule is CC(=O)CC(C)Oc1ccc(C(C)(C)C)cc1C. The van der Waals surface area contributed by atoms with Crippen LogP contribution in [0.1, 0.15) is 52.2 Å². The van der Waals surface area contributed by atoms with E-state index < -0.39 is 0 Å². The van der Waals surface area contributed by atoms with Crippen molar-refractivity contribution in [3.05, 3.63) is 29.3 Å². The Morgan fingerprint density at radius 3 is 2.39 bits per heavy atom. The molecular weight excluding hydrogens is 224 g/mol. The highest BCUT2D eigenvalue weighted by molar-refractivity contribution is 5.75. The van der Waals surface area contributed by atoms with Crippen molar-refractivity contribution in [1.29, 1.82) is 0 Å². The van der Waals surface area contributed by atoms with Crippen LogP contribution in [0.5, 0.6) is 5.75 Å². The van der Waals surface area contributed by atoms with Crippen molar-refractivity contribution in [2.24, 2.45) is 0 Å². The lowest BCUT2D eigenvalue weighted by Gasteiger charge is -2.21. The van der Waals surface area contributed by atoms with Crippen LogP contribution in [0.2, 0.25) is 0 Å². The lowest BCUT2D eigenvalue weighted by atomic mass is 9.86. The molecule has 0 saturated heterocycles. The molecule has 2 nitrogen and oxygen atoms in total. The van der Waals surface area contributed by atoms with Gasteiger partial charge in [-0.05, 0) is 43.4 Å². The summed E-state index contributed by atoms with van der Waals surface area (Å²) in [6.45, 7) is 12.2. The van der Waals surface area contributed by atoms with Gasteiger partial charge in [0, 0.05) is 6.42 Å². The van der Waals surface area contributed by atoms with E-state index in [4.69, 9.17) is 4.74 Å². The molecule has 1 aromatic carbocycles. The molecule has 0 radical (unpaired) electrons. The average Bonchev–Trinajstić information content (AvgIpc) is 2.18. The van der Waals surface area contributed by atoms with Crippen LogP contribution >= 0.6 is 0 Å². The van der Waals surface area contributed by atoms with Crippen molar-refractivity contribution in [3.8, 4) is 5.75 Å². The molecule has 18 heavy (non-hydrogen) atoms. The van der Waals surface area contributed by atoms with E-state index in [9.17, 15) is 4.79 Å². The zero-order valence-electron chi connectivity index (χ0n) is 12.3. The predicted molar refractivity (Wildman–Crippen MR) is 75.3 cm³/mol. The van der Waals surface area contributed by atoms with Gasteiger partial charge >= 0.3 is 0 Å². The lowest BCUT2D eigenvalue weighted by Crippen LogP contribution is -2.16. The van der Waals surface area contributed by atoms with E-state index in [2.05, 4.69) is 32.9 Å². The molecule has 0 spiro atoms.